The molecule has 0 saturated carbocycles. The van der Waals surface area contributed by atoms with Crippen LogP contribution in [-0.4, -0.2) is 15.1 Å². The zero-order valence-electron chi connectivity index (χ0n) is 9.10. The van der Waals surface area contributed by atoms with Gasteiger partial charge in [-0.05, 0) is 18.2 Å². The molecule has 0 atom stereocenters. The molecule has 0 aliphatic heterocycles. The van der Waals surface area contributed by atoms with E-state index >= 15 is 0 Å². The lowest BCUT2D eigenvalue weighted by Crippen LogP contribution is -2.14. The third kappa shape index (κ3) is 3.15. The first-order valence-corrected chi connectivity index (χ1v) is 5.57. The van der Waals surface area contributed by atoms with Crippen molar-refractivity contribution >= 4 is 11.6 Å². The average molecular weight is 250 g/mol. The van der Waals surface area contributed by atoms with E-state index in [1.807, 2.05) is 6.07 Å². The van der Waals surface area contributed by atoms with Gasteiger partial charge in [-0.3, -0.25) is 0 Å². The van der Waals surface area contributed by atoms with Gasteiger partial charge in [-0.15, -0.1) is 0 Å². The largest absolute Gasteiger partial charge is 0.508 e. The Bertz CT molecular complexity index is 470. The first kappa shape index (κ1) is 11.8. The number of benzene rings is 1. The van der Waals surface area contributed by atoms with Gasteiger partial charge in [0.25, 0.3) is 0 Å². The maximum atomic E-state index is 9.64. The van der Waals surface area contributed by atoms with Crippen LogP contribution in [0.4, 0.5) is 0 Å². The highest BCUT2D eigenvalue weighted by Crippen LogP contribution is 2.24. The molecule has 5 heteroatoms. The molecule has 2 rings (SSSR count). The highest BCUT2D eigenvalue weighted by atomic mass is 35.5. The SMILES string of the molecule is Oc1cccc(Cl)c1CNCc1ccncn1. The Hall–Kier alpha value is -1.65. The summed E-state index contributed by atoms with van der Waals surface area (Å²) < 4.78 is 0. The molecule has 0 amide bonds. The Kier molecular flexibility index (Phi) is 3.90. The van der Waals surface area contributed by atoms with Crippen LogP contribution in [0, 0.1) is 0 Å². The molecule has 4 nitrogen and oxygen atoms in total. The summed E-state index contributed by atoms with van der Waals surface area (Å²) in [6.07, 6.45) is 3.20. The highest BCUT2D eigenvalue weighted by Gasteiger charge is 2.05. The summed E-state index contributed by atoms with van der Waals surface area (Å²) in [5.41, 5.74) is 1.59. The van der Waals surface area contributed by atoms with E-state index in [0.29, 0.717) is 23.7 Å². The number of hydrogen-bond donors (Lipinski definition) is 2. The Labute approximate surface area is 104 Å². The van der Waals surface area contributed by atoms with E-state index in [0.717, 1.165) is 5.69 Å². The van der Waals surface area contributed by atoms with Gasteiger partial charge in [-0.2, -0.15) is 0 Å². The molecule has 1 aromatic heterocycles. The third-order valence-corrected chi connectivity index (χ3v) is 2.70. The first-order chi connectivity index (χ1) is 8.27. The molecule has 0 unspecified atom stereocenters. The third-order valence-electron chi connectivity index (χ3n) is 2.35. The van der Waals surface area contributed by atoms with Gasteiger partial charge >= 0.3 is 0 Å². The predicted molar refractivity (Wildman–Crippen MR) is 65.7 cm³/mol. The van der Waals surface area contributed by atoms with Crippen LogP contribution >= 0.6 is 11.6 Å². The number of nitrogens with zero attached hydrogens (tertiary/aromatic N) is 2. The first-order valence-electron chi connectivity index (χ1n) is 5.19. The summed E-state index contributed by atoms with van der Waals surface area (Å²) in [4.78, 5) is 7.93. The van der Waals surface area contributed by atoms with Crippen LogP contribution in [-0.2, 0) is 13.1 Å². The lowest BCUT2D eigenvalue weighted by molar-refractivity contribution is 0.464. The van der Waals surface area contributed by atoms with E-state index in [9.17, 15) is 5.11 Å². The van der Waals surface area contributed by atoms with Crippen molar-refractivity contribution in [3.63, 3.8) is 0 Å². The van der Waals surface area contributed by atoms with Gasteiger partial charge in [-0.25, -0.2) is 9.97 Å². The zero-order valence-corrected chi connectivity index (χ0v) is 9.85. The minimum Gasteiger partial charge on any atom is -0.508 e. The van der Waals surface area contributed by atoms with Crippen LogP contribution in [0.5, 0.6) is 5.75 Å². The fourth-order valence-corrected chi connectivity index (χ4v) is 1.70. The van der Waals surface area contributed by atoms with Crippen LogP contribution in [0.1, 0.15) is 11.3 Å². The normalized spacial score (nSPS) is 10.4. The van der Waals surface area contributed by atoms with Crippen LogP contribution in [0.25, 0.3) is 0 Å². The number of halogens is 1. The van der Waals surface area contributed by atoms with Crippen molar-refractivity contribution in [3.05, 3.63) is 53.1 Å². The van der Waals surface area contributed by atoms with Crippen molar-refractivity contribution in [1.82, 2.24) is 15.3 Å². The Balaban J connectivity index is 1.95. The number of phenolic OH excluding ortho intramolecular Hbond substituents is 1. The monoisotopic (exact) mass is 249 g/mol. The summed E-state index contributed by atoms with van der Waals surface area (Å²) in [7, 11) is 0. The molecular weight excluding hydrogens is 238 g/mol. The summed E-state index contributed by atoms with van der Waals surface area (Å²) in [5, 5.41) is 13.4. The second-order valence-electron chi connectivity index (χ2n) is 3.54. The van der Waals surface area contributed by atoms with Gasteiger partial charge in [0.15, 0.2) is 0 Å². The van der Waals surface area contributed by atoms with Gasteiger partial charge in [0.2, 0.25) is 0 Å². The molecule has 17 heavy (non-hydrogen) atoms. The number of rotatable bonds is 4. The van der Waals surface area contributed by atoms with Gasteiger partial charge in [0, 0.05) is 29.9 Å². The molecule has 0 spiro atoms. The smallest absolute Gasteiger partial charge is 0.121 e. The topological polar surface area (TPSA) is 58.0 Å². The quantitative estimate of drug-likeness (QED) is 0.872. The summed E-state index contributed by atoms with van der Waals surface area (Å²) >= 11 is 5.99. The molecule has 0 radical (unpaired) electrons. The van der Waals surface area contributed by atoms with Crippen LogP contribution in [0.3, 0.4) is 0 Å². The van der Waals surface area contributed by atoms with E-state index in [2.05, 4.69) is 15.3 Å². The molecule has 1 aromatic carbocycles. The summed E-state index contributed by atoms with van der Waals surface area (Å²) in [5.74, 6) is 0.202. The number of nitrogens with one attached hydrogen (secondary N) is 1. The fraction of sp³-hybridized carbons (Fsp3) is 0.167. The minimum absolute atomic E-state index is 0.202. The maximum absolute atomic E-state index is 9.64. The summed E-state index contributed by atoms with van der Waals surface area (Å²) in [6.45, 7) is 1.10. The molecule has 0 bridgehead atoms. The average Bonchev–Trinajstić information content (AvgIpc) is 2.34. The Morgan fingerprint density at radius 2 is 2.12 bits per heavy atom. The predicted octanol–water partition coefficient (Wildman–Crippen LogP) is 2.13. The highest BCUT2D eigenvalue weighted by molar-refractivity contribution is 6.31. The van der Waals surface area contributed by atoms with Crippen molar-refractivity contribution in [2.75, 3.05) is 0 Å². The molecule has 2 N–H and O–H groups in total. The van der Waals surface area contributed by atoms with E-state index in [1.165, 1.54) is 6.33 Å². The zero-order chi connectivity index (χ0) is 12.1. The van der Waals surface area contributed by atoms with Gasteiger partial charge < -0.3 is 10.4 Å². The van der Waals surface area contributed by atoms with Crippen molar-refractivity contribution in [3.8, 4) is 5.75 Å². The molecule has 0 aliphatic rings. The van der Waals surface area contributed by atoms with Crippen LogP contribution in [0.15, 0.2) is 36.8 Å². The van der Waals surface area contributed by atoms with Gasteiger partial charge in [0.05, 0.1) is 5.69 Å². The van der Waals surface area contributed by atoms with E-state index in [4.69, 9.17) is 11.6 Å². The molecule has 0 saturated heterocycles. The van der Waals surface area contributed by atoms with Gasteiger partial charge in [-0.1, -0.05) is 17.7 Å². The van der Waals surface area contributed by atoms with Crippen molar-refractivity contribution in [2.45, 2.75) is 13.1 Å². The minimum atomic E-state index is 0.202. The number of hydrogen-bond acceptors (Lipinski definition) is 4. The molecule has 0 fully saturated rings. The van der Waals surface area contributed by atoms with Crippen molar-refractivity contribution < 1.29 is 5.11 Å². The van der Waals surface area contributed by atoms with Crippen molar-refractivity contribution in [1.29, 1.82) is 0 Å². The van der Waals surface area contributed by atoms with Crippen molar-refractivity contribution in [2.24, 2.45) is 0 Å². The van der Waals surface area contributed by atoms with E-state index < -0.39 is 0 Å². The lowest BCUT2D eigenvalue weighted by Gasteiger charge is -2.08. The van der Waals surface area contributed by atoms with Crippen LogP contribution in [0.2, 0.25) is 5.02 Å². The lowest BCUT2D eigenvalue weighted by atomic mass is 10.2. The Morgan fingerprint density at radius 3 is 2.82 bits per heavy atom. The summed E-state index contributed by atoms with van der Waals surface area (Å²) in [6, 6.07) is 6.92. The maximum Gasteiger partial charge on any atom is 0.121 e. The molecule has 1 heterocycles. The van der Waals surface area contributed by atoms with E-state index in [1.54, 1.807) is 24.4 Å². The fourth-order valence-electron chi connectivity index (χ4n) is 1.46. The molecule has 88 valence electrons. The molecule has 0 aliphatic carbocycles. The second kappa shape index (κ2) is 5.61. The number of aromatic nitrogens is 2. The van der Waals surface area contributed by atoms with E-state index in [-0.39, 0.29) is 5.75 Å². The van der Waals surface area contributed by atoms with Crippen LogP contribution < -0.4 is 5.32 Å². The molecule has 2 aromatic rings. The molecular formula is C12H12ClN3O. The number of aromatic hydroxyl groups is 1. The van der Waals surface area contributed by atoms with Gasteiger partial charge in [0.1, 0.15) is 12.1 Å². The number of phenols is 1. The Morgan fingerprint density at radius 1 is 1.24 bits per heavy atom. The second-order valence-corrected chi connectivity index (χ2v) is 3.95. The standard InChI is InChI=1S/C12H12ClN3O/c13-11-2-1-3-12(17)10(11)7-15-6-9-4-5-14-8-16-9/h1-5,8,15,17H,6-7H2.